The van der Waals surface area contributed by atoms with Gasteiger partial charge in [0.05, 0.1) is 0 Å². The summed E-state index contributed by atoms with van der Waals surface area (Å²) in [5, 5.41) is 6.11. The molecule has 2 N–H and O–H groups in total. The zero-order valence-electron chi connectivity index (χ0n) is 14.5. The third kappa shape index (κ3) is 3.53. The molecule has 1 amide bonds. The smallest absolute Gasteiger partial charge is 0.243 e. The maximum atomic E-state index is 13.8. The van der Waals surface area contributed by atoms with Crippen LogP contribution in [0.4, 0.5) is 14.5 Å². The lowest BCUT2D eigenvalue weighted by Gasteiger charge is -2.20. The number of hydrogen-bond acceptors (Lipinski definition) is 2. The van der Waals surface area contributed by atoms with Crippen molar-refractivity contribution in [2.75, 3.05) is 5.32 Å². The van der Waals surface area contributed by atoms with E-state index in [0.29, 0.717) is 6.54 Å². The highest BCUT2D eigenvalue weighted by Gasteiger charge is 2.38. The van der Waals surface area contributed by atoms with E-state index in [2.05, 4.69) is 10.6 Å². The van der Waals surface area contributed by atoms with Gasteiger partial charge >= 0.3 is 0 Å². The molecule has 136 valence electrons. The number of hydrogen-bond donors (Lipinski definition) is 2. The summed E-state index contributed by atoms with van der Waals surface area (Å²) in [5.41, 5.74) is 3.27. The fourth-order valence-electron chi connectivity index (χ4n) is 3.50. The first kappa shape index (κ1) is 17.2. The van der Waals surface area contributed by atoms with Gasteiger partial charge < -0.3 is 10.6 Å². The van der Waals surface area contributed by atoms with Crippen LogP contribution >= 0.6 is 0 Å². The van der Waals surface area contributed by atoms with Gasteiger partial charge in [0, 0.05) is 18.2 Å². The molecule has 0 radical (unpaired) electrons. The van der Waals surface area contributed by atoms with E-state index in [1.54, 1.807) is 18.2 Å². The molecule has 0 fully saturated rings. The maximum absolute atomic E-state index is 13.8. The van der Waals surface area contributed by atoms with Crippen LogP contribution < -0.4 is 10.6 Å². The second kappa shape index (κ2) is 7.19. The van der Waals surface area contributed by atoms with Crippen LogP contribution in [0.25, 0.3) is 0 Å². The third-order valence-corrected chi connectivity index (χ3v) is 4.81. The van der Waals surface area contributed by atoms with Crippen LogP contribution in [0.15, 0.2) is 72.8 Å². The van der Waals surface area contributed by atoms with E-state index in [9.17, 15) is 13.6 Å². The molecule has 0 aliphatic carbocycles. The van der Waals surface area contributed by atoms with Crippen molar-refractivity contribution in [2.45, 2.75) is 18.5 Å². The van der Waals surface area contributed by atoms with E-state index in [1.165, 1.54) is 24.3 Å². The number of nitrogens with one attached hydrogen (secondary N) is 2. The summed E-state index contributed by atoms with van der Waals surface area (Å²) in [4.78, 5) is 12.9. The number of carbonyl (C=O) groups is 1. The lowest BCUT2D eigenvalue weighted by atomic mass is 9.87. The van der Waals surface area contributed by atoms with Crippen molar-refractivity contribution in [3.05, 3.63) is 101 Å². The van der Waals surface area contributed by atoms with Gasteiger partial charge in [-0.3, -0.25) is 4.79 Å². The highest BCUT2D eigenvalue weighted by Crippen LogP contribution is 2.40. The summed E-state index contributed by atoms with van der Waals surface area (Å²) in [6.07, 6.45) is 0. The zero-order valence-corrected chi connectivity index (χ0v) is 14.5. The van der Waals surface area contributed by atoms with Crippen LogP contribution in [0.1, 0.15) is 22.6 Å². The lowest BCUT2D eigenvalue weighted by Crippen LogP contribution is -2.40. The summed E-state index contributed by atoms with van der Waals surface area (Å²) in [6, 6.07) is 19.5. The predicted octanol–water partition coefficient (Wildman–Crippen LogP) is 4.21. The fraction of sp³-hybridized carbons (Fsp3) is 0.136. The number of rotatable bonds is 4. The van der Waals surface area contributed by atoms with E-state index in [0.717, 1.165) is 22.4 Å². The van der Waals surface area contributed by atoms with Gasteiger partial charge in [0.1, 0.15) is 17.7 Å². The van der Waals surface area contributed by atoms with Crippen LogP contribution in [0.5, 0.6) is 0 Å². The Morgan fingerprint density at radius 2 is 1.63 bits per heavy atom. The summed E-state index contributed by atoms with van der Waals surface area (Å²) in [7, 11) is 0. The number of benzene rings is 3. The molecule has 2 unspecified atom stereocenters. The molecule has 3 aromatic rings. The number of anilines is 1. The molecule has 0 saturated carbocycles. The van der Waals surface area contributed by atoms with Crippen LogP contribution in [0.2, 0.25) is 0 Å². The number of carbonyl (C=O) groups excluding carboxylic acids is 1. The average molecular weight is 364 g/mol. The van der Waals surface area contributed by atoms with Crippen molar-refractivity contribution in [3.8, 4) is 0 Å². The van der Waals surface area contributed by atoms with Crippen molar-refractivity contribution in [1.29, 1.82) is 0 Å². The van der Waals surface area contributed by atoms with Crippen molar-refractivity contribution in [3.63, 3.8) is 0 Å². The van der Waals surface area contributed by atoms with Crippen molar-refractivity contribution >= 4 is 11.6 Å². The molecule has 3 nitrogen and oxygen atoms in total. The minimum absolute atomic E-state index is 0.190. The van der Waals surface area contributed by atoms with Crippen molar-refractivity contribution < 1.29 is 13.6 Å². The molecular formula is C22H18F2N2O. The van der Waals surface area contributed by atoms with Crippen LogP contribution in [-0.2, 0) is 11.3 Å². The van der Waals surface area contributed by atoms with Crippen LogP contribution in [0.3, 0.4) is 0 Å². The Labute approximate surface area is 156 Å². The van der Waals surface area contributed by atoms with Crippen LogP contribution in [-0.4, -0.2) is 11.9 Å². The Morgan fingerprint density at radius 3 is 2.37 bits per heavy atom. The Hall–Kier alpha value is -3.21. The van der Waals surface area contributed by atoms with Gasteiger partial charge in [-0.2, -0.15) is 0 Å². The Morgan fingerprint density at radius 1 is 0.926 bits per heavy atom. The van der Waals surface area contributed by atoms with Gasteiger partial charge in [-0.15, -0.1) is 0 Å². The van der Waals surface area contributed by atoms with Gasteiger partial charge in [0.15, 0.2) is 0 Å². The highest BCUT2D eigenvalue weighted by atomic mass is 19.1. The summed E-state index contributed by atoms with van der Waals surface area (Å²) in [5.74, 6) is -1.12. The van der Waals surface area contributed by atoms with Crippen molar-refractivity contribution in [2.24, 2.45) is 0 Å². The normalized spacial score (nSPS) is 17.9. The fourth-order valence-corrected chi connectivity index (χ4v) is 3.50. The molecule has 27 heavy (non-hydrogen) atoms. The monoisotopic (exact) mass is 364 g/mol. The Kier molecular flexibility index (Phi) is 4.59. The molecule has 1 heterocycles. The molecule has 3 aromatic carbocycles. The first-order chi connectivity index (χ1) is 13.1. The molecule has 0 aromatic heterocycles. The molecule has 4 rings (SSSR count). The first-order valence-electron chi connectivity index (χ1n) is 8.75. The lowest BCUT2D eigenvalue weighted by molar-refractivity contribution is -0.122. The summed E-state index contributed by atoms with van der Waals surface area (Å²) < 4.78 is 26.8. The molecule has 2 atom stereocenters. The summed E-state index contributed by atoms with van der Waals surface area (Å²) >= 11 is 0. The number of fused-ring (bicyclic) bond motifs is 1. The van der Waals surface area contributed by atoms with Gasteiger partial charge in [0.2, 0.25) is 5.91 Å². The molecule has 1 aliphatic rings. The van der Waals surface area contributed by atoms with Gasteiger partial charge in [-0.1, -0.05) is 42.5 Å². The van der Waals surface area contributed by atoms with Gasteiger partial charge in [-0.05, 0) is 47.0 Å². The minimum Gasteiger partial charge on any atom is -0.373 e. The van der Waals surface area contributed by atoms with Crippen molar-refractivity contribution in [1.82, 2.24) is 5.32 Å². The molecular weight excluding hydrogens is 346 g/mol. The second-order valence-electron chi connectivity index (χ2n) is 6.59. The molecule has 5 heteroatoms. The van der Waals surface area contributed by atoms with E-state index in [4.69, 9.17) is 0 Å². The van der Waals surface area contributed by atoms with Gasteiger partial charge in [0.25, 0.3) is 0 Å². The minimum atomic E-state index is -0.551. The maximum Gasteiger partial charge on any atom is 0.243 e. The molecule has 0 spiro atoms. The zero-order chi connectivity index (χ0) is 18.8. The quantitative estimate of drug-likeness (QED) is 0.728. The Balaban J connectivity index is 1.59. The SMILES string of the molecule is O=C(NCc1ccc(F)cc1)C1Nc2ccc(F)cc2C1c1ccccc1. The molecule has 0 saturated heterocycles. The highest BCUT2D eigenvalue weighted by molar-refractivity contribution is 5.89. The molecule has 0 bridgehead atoms. The van der Waals surface area contributed by atoms with Crippen LogP contribution in [0, 0.1) is 11.6 Å². The standard InChI is InChI=1S/C22H18F2N2O/c23-16-8-6-14(7-9-16)13-25-22(27)21-20(15-4-2-1-3-5-15)18-12-17(24)10-11-19(18)26-21/h1-12,20-21,26H,13H2,(H,25,27). The first-order valence-corrected chi connectivity index (χ1v) is 8.75. The Bertz CT molecular complexity index is 958. The van der Waals surface area contributed by atoms with E-state index < -0.39 is 6.04 Å². The number of amides is 1. The predicted molar refractivity (Wildman–Crippen MR) is 100 cm³/mol. The average Bonchev–Trinajstić information content (AvgIpc) is 3.06. The summed E-state index contributed by atoms with van der Waals surface area (Å²) in [6.45, 7) is 0.295. The number of halogens is 2. The topological polar surface area (TPSA) is 41.1 Å². The van der Waals surface area contributed by atoms with Gasteiger partial charge in [-0.25, -0.2) is 8.78 Å². The largest absolute Gasteiger partial charge is 0.373 e. The van der Waals surface area contributed by atoms with E-state index in [-0.39, 0.29) is 23.5 Å². The molecule has 1 aliphatic heterocycles. The van der Waals surface area contributed by atoms with E-state index >= 15 is 0 Å². The third-order valence-electron chi connectivity index (χ3n) is 4.81. The second-order valence-corrected chi connectivity index (χ2v) is 6.59. The van der Waals surface area contributed by atoms with E-state index in [1.807, 2.05) is 30.3 Å².